The molecule has 0 saturated heterocycles. The first-order chi connectivity index (χ1) is 13.2. The smallest absolute Gasteiger partial charge is 0.323 e. The number of nitrogens with zero attached hydrogens (tertiary/aromatic N) is 1. The zero-order chi connectivity index (χ0) is 20.5. The summed E-state index contributed by atoms with van der Waals surface area (Å²) in [7, 11) is -4.79. The first-order valence-corrected chi connectivity index (χ1v) is 10.6. The van der Waals surface area contributed by atoms with E-state index in [-0.39, 0.29) is 34.9 Å². The fourth-order valence-corrected chi connectivity index (χ4v) is 4.55. The number of fused-ring (bicyclic) bond motifs is 1. The van der Waals surface area contributed by atoms with Crippen LogP contribution in [-0.4, -0.2) is 31.2 Å². The summed E-state index contributed by atoms with van der Waals surface area (Å²) in [5, 5.41) is 14.1. The second-order valence-corrected chi connectivity index (χ2v) is 8.72. The number of aromatic nitrogens is 2. The molecule has 0 aliphatic heterocycles. The van der Waals surface area contributed by atoms with Gasteiger partial charge >= 0.3 is 18.7 Å². The van der Waals surface area contributed by atoms with Crippen LogP contribution in [0.25, 0.3) is 11.0 Å². The van der Waals surface area contributed by atoms with E-state index in [9.17, 15) is 34.1 Å². The maximum atomic E-state index is 12.2. The summed E-state index contributed by atoms with van der Waals surface area (Å²) >= 11 is 0. The predicted molar refractivity (Wildman–Crippen MR) is 108 cm³/mol. The summed E-state index contributed by atoms with van der Waals surface area (Å²) < 4.78 is 12.2. The van der Waals surface area contributed by atoms with Crippen molar-refractivity contribution in [3.05, 3.63) is 48.5 Å². The van der Waals surface area contributed by atoms with Gasteiger partial charge in [-0.05, 0) is 25.3 Å². The molecule has 1 atom stereocenters. The summed E-state index contributed by atoms with van der Waals surface area (Å²) in [6.45, 7) is 0.327. The molecule has 1 aliphatic rings. The normalized spacial score (nSPS) is 16.3. The van der Waals surface area contributed by atoms with Crippen LogP contribution in [0.5, 0.6) is 0 Å². The minimum atomic E-state index is -4.79. The van der Waals surface area contributed by atoms with Crippen LogP contribution in [-0.2, 0) is 4.57 Å². The number of non-ortho nitro benzene ring substituents is 1. The molecule has 1 aliphatic carbocycles. The molecule has 1 aromatic heterocycles. The van der Waals surface area contributed by atoms with Crippen LogP contribution in [0.15, 0.2) is 21.7 Å². The quantitative estimate of drug-likeness (QED) is 0.192. The lowest BCUT2D eigenvalue weighted by atomic mass is 9.89. The van der Waals surface area contributed by atoms with E-state index in [1.54, 1.807) is 0 Å². The first kappa shape index (κ1) is 23.2. The van der Waals surface area contributed by atoms with Crippen molar-refractivity contribution >= 4 is 36.7 Å². The van der Waals surface area contributed by atoms with Crippen molar-refractivity contribution in [3.63, 3.8) is 0 Å². The molecule has 29 heavy (non-hydrogen) atoms. The molecular formula is C16H22ClN4O7P. The number of nitrogens with one attached hydrogen (secondary N) is 3. The van der Waals surface area contributed by atoms with E-state index in [0.717, 1.165) is 44.2 Å². The Morgan fingerprint density at radius 3 is 2.38 bits per heavy atom. The minimum Gasteiger partial charge on any atom is -0.323 e. The number of aromatic amines is 2. The van der Waals surface area contributed by atoms with Gasteiger partial charge in [-0.2, -0.15) is 0 Å². The number of halogens is 1. The number of benzene rings is 1. The number of nitro benzene ring substituents is 1. The average molecular weight is 449 g/mol. The van der Waals surface area contributed by atoms with Gasteiger partial charge in [-0.25, -0.2) is 0 Å². The van der Waals surface area contributed by atoms with Gasteiger partial charge in [-0.1, -0.05) is 19.3 Å². The van der Waals surface area contributed by atoms with E-state index in [1.807, 2.05) is 0 Å². The third kappa shape index (κ3) is 5.31. The van der Waals surface area contributed by atoms with Crippen molar-refractivity contribution in [1.82, 2.24) is 15.3 Å². The van der Waals surface area contributed by atoms with Gasteiger partial charge < -0.3 is 19.8 Å². The zero-order valence-corrected chi connectivity index (χ0v) is 17.0. The highest BCUT2D eigenvalue weighted by atomic mass is 35.5. The molecule has 1 heterocycles. The molecule has 11 nitrogen and oxygen atoms in total. The number of hydrogen-bond donors (Lipinski definition) is 5. The van der Waals surface area contributed by atoms with Crippen LogP contribution in [0, 0.1) is 16.0 Å². The van der Waals surface area contributed by atoms with Crippen molar-refractivity contribution in [2.24, 2.45) is 5.92 Å². The van der Waals surface area contributed by atoms with E-state index in [4.69, 9.17) is 0 Å². The summed E-state index contributed by atoms with van der Waals surface area (Å²) in [5.41, 5.74) is -2.75. The Balaban J connectivity index is 0.00000300. The first-order valence-electron chi connectivity index (χ1n) is 8.90. The van der Waals surface area contributed by atoms with E-state index >= 15 is 0 Å². The molecule has 1 aromatic carbocycles. The van der Waals surface area contributed by atoms with E-state index in [2.05, 4.69) is 15.3 Å². The number of rotatable bonds is 6. The summed E-state index contributed by atoms with van der Waals surface area (Å²) in [5.74, 6) is -1.31. The monoisotopic (exact) mass is 448 g/mol. The molecule has 160 valence electrons. The number of nitro groups is 1. The molecule has 1 unspecified atom stereocenters. The Kier molecular flexibility index (Phi) is 7.36. The Labute approximate surface area is 170 Å². The molecule has 0 spiro atoms. The van der Waals surface area contributed by atoms with Gasteiger partial charge in [0.25, 0.3) is 5.69 Å². The Hall–Kier alpha value is -2.04. The van der Waals surface area contributed by atoms with Gasteiger partial charge in [0.05, 0.1) is 16.0 Å². The topological polar surface area (TPSA) is 178 Å². The SMILES string of the molecule is Cl.O=c1[nH]c2cc([N+](=O)[O-])cc(C(NCC3CCCCC3)P(=O)(O)O)c2[nH]c1=O. The van der Waals surface area contributed by atoms with Gasteiger partial charge in [0.15, 0.2) is 0 Å². The molecule has 1 saturated carbocycles. The summed E-state index contributed by atoms with van der Waals surface area (Å²) in [6.07, 6.45) is 5.08. The van der Waals surface area contributed by atoms with Crippen LogP contribution in [0.3, 0.4) is 0 Å². The Morgan fingerprint density at radius 1 is 1.17 bits per heavy atom. The fourth-order valence-electron chi connectivity index (χ4n) is 3.64. The molecule has 3 rings (SSSR count). The summed E-state index contributed by atoms with van der Waals surface area (Å²) in [6, 6.07) is 2.04. The largest absolute Gasteiger partial charge is 0.346 e. The van der Waals surface area contributed by atoms with Gasteiger partial charge in [-0.15, -0.1) is 12.4 Å². The third-order valence-electron chi connectivity index (χ3n) is 5.01. The van der Waals surface area contributed by atoms with Gasteiger partial charge in [0, 0.05) is 17.7 Å². The summed E-state index contributed by atoms with van der Waals surface area (Å²) in [4.78, 5) is 58.1. The highest BCUT2D eigenvalue weighted by Gasteiger charge is 2.34. The molecule has 5 N–H and O–H groups in total. The third-order valence-corrected chi connectivity index (χ3v) is 6.15. The minimum absolute atomic E-state index is 0. The van der Waals surface area contributed by atoms with Crippen molar-refractivity contribution < 1.29 is 19.3 Å². The predicted octanol–water partition coefficient (Wildman–Crippen LogP) is 1.89. The number of hydrogen-bond acceptors (Lipinski definition) is 6. The number of H-pyrrole nitrogens is 2. The van der Waals surface area contributed by atoms with Crippen molar-refractivity contribution in [1.29, 1.82) is 0 Å². The molecule has 0 bridgehead atoms. The van der Waals surface area contributed by atoms with Crippen LogP contribution >= 0.6 is 20.0 Å². The lowest BCUT2D eigenvalue weighted by Crippen LogP contribution is -2.31. The van der Waals surface area contributed by atoms with E-state index in [0.29, 0.717) is 6.54 Å². The van der Waals surface area contributed by atoms with Crippen LogP contribution in [0.2, 0.25) is 0 Å². The van der Waals surface area contributed by atoms with Gasteiger partial charge in [-0.3, -0.25) is 29.6 Å². The molecule has 0 radical (unpaired) electrons. The second-order valence-electron chi connectivity index (χ2n) is 7.03. The highest BCUT2D eigenvalue weighted by Crippen LogP contribution is 2.51. The second kappa shape index (κ2) is 9.19. The highest BCUT2D eigenvalue weighted by molar-refractivity contribution is 7.52. The van der Waals surface area contributed by atoms with Crippen LogP contribution in [0.1, 0.15) is 43.5 Å². The van der Waals surface area contributed by atoms with Crippen molar-refractivity contribution in [2.45, 2.75) is 37.9 Å². The van der Waals surface area contributed by atoms with E-state index in [1.165, 1.54) is 0 Å². The van der Waals surface area contributed by atoms with Gasteiger partial charge in [0.1, 0.15) is 5.78 Å². The molecule has 2 aromatic rings. The average Bonchev–Trinajstić information content (AvgIpc) is 2.62. The molecule has 0 amide bonds. The van der Waals surface area contributed by atoms with Gasteiger partial charge in [0.2, 0.25) is 0 Å². The van der Waals surface area contributed by atoms with Crippen molar-refractivity contribution in [3.8, 4) is 0 Å². The molecular weight excluding hydrogens is 427 g/mol. The molecule has 13 heteroatoms. The standard InChI is InChI=1S/C16H21N4O7P.ClH/c21-14-15(22)19-13-11(6-10(20(23)24)7-12(13)18-14)16(28(25,26)27)17-8-9-4-2-1-3-5-9;/h6-7,9,16-17H,1-5,8H2,(H,18,21)(H,19,22)(H2,25,26,27);1H. The maximum Gasteiger partial charge on any atom is 0.346 e. The molecule has 1 fully saturated rings. The lowest BCUT2D eigenvalue weighted by molar-refractivity contribution is -0.384. The lowest BCUT2D eigenvalue weighted by Gasteiger charge is -2.26. The van der Waals surface area contributed by atoms with Crippen LogP contribution in [0.4, 0.5) is 5.69 Å². The van der Waals surface area contributed by atoms with Crippen LogP contribution < -0.4 is 16.4 Å². The van der Waals surface area contributed by atoms with E-state index < -0.39 is 35.1 Å². The zero-order valence-electron chi connectivity index (χ0n) is 15.3. The Morgan fingerprint density at radius 2 is 1.79 bits per heavy atom. The fraction of sp³-hybridized carbons (Fsp3) is 0.500. The maximum absolute atomic E-state index is 12.2. The van der Waals surface area contributed by atoms with Crippen molar-refractivity contribution in [2.75, 3.05) is 6.54 Å². The Bertz CT molecular complexity index is 1060.